The average molecular weight is 1130 g/mol. The lowest BCUT2D eigenvalue weighted by Crippen LogP contribution is -2.30. The van der Waals surface area contributed by atoms with Crippen LogP contribution in [0.1, 0.15) is 355 Å². The number of rotatable bonds is 64. The molecule has 0 heterocycles. The lowest BCUT2D eigenvalue weighted by atomic mass is 10.0. The van der Waals surface area contributed by atoms with Crippen LogP contribution in [-0.2, 0) is 28.6 Å². The Balaban J connectivity index is 4.23. The van der Waals surface area contributed by atoms with Gasteiger partial charge in [0.15, 0.2) is 6.10 Å². The molecule has 1 unspecified atom stereocenters. The predicted molar refractivity (Wildman–Crippen MR) is 353 cm³/mol. The van der Waals surface area contributed by atoms with Crippen molar-refractivity contribution in [3.8, 4) is 0 Å². The fraction of sp³-hybridized carbons (Fsp3) is 0.773. The smallest absolute Gasteiger partial charge is 0.306 e. The van der Waals surface area contributed by atoms with Crippen molar-refractivity contribution in [2.24, 2.45) is 0 Å². The second kappa shape index (κ2) is 69.1. The summed E-state index contributed by atoms with van der Waals surface area (Å²) < 4.78 is 16.9. The van der Waals surface area contributed by atoms with Gasteiger partial charge in [-0.05, 0) is 116 Å². The minimum absolute atomic E-state index is 0.0807. The maximum atomic E-state index is 12.9. The van der Waals surface area contributed by atoms with Gasteiger partial charge in [0.25, 0.3) is 0 Å². The van der Waals surface area contributed by atoms with Crippen LogP contribution in [0.5, 0.6) is 0 Å². The monoisotopic (exact) mass is 1130 g/mol. The Kier molecular flexibility index (Phi) is 66.2. The molecule has 0 saturated carbocycles. The van der Waals surface area contributed by atoms with E-state index in [9.17, 15) is 14.4 Å². The van der Waals surface area contributed by atoms with Crippen molar-refractivity contribution < 1.29 is 28.6 Å². The molecule has 0 amide bonds. The lowest BCUT2D eigenvalue weighted by molar-refractivity contribution is -0.167. The molecule has 0 aromatic rings. The molecule has 0 aromatic heterocycles. The number of ether oxygens (including phenoxy) is 3. The third kappa shape index (κ3) is 67.3. The Morgan fingerprint density at radius 1 is 0.247 bits per heavy atom. The van der Waals surface area contributed by atoms with Crippen LogP contribution in [0, 0.1) is 0 Å². The molecule has 6 heteroatoms. The summed E-state index contributed by atoms with van der Waals surface area (Å²) >= 11 is 0. The predicted octanol–water partition coefficient (Wildman–Crippen LogP) is 24.2. The normalized spacial score (nSPS) is 12.6. The maximum absolute atomic E-state index is 12.9. The summed E-state index contributed by atoms with van der Waals surface area (Å²) in [4.78, 5) is 38.4. The van der Waals surface area contributed by atoms with E-state index in [4.69, 9.17) is 14.2 Å². The number of unbranched alkanes of at least 4 members (excludes halogenated alkanes) is 39. The standard InChI is InChI=1S/C75H132O6/c1-4-7-10-13-16-19-22-24-26-28-30-32-34-35-36-37-38-39-41-42-44-46-48-50-53-56-59-62-65-68-74(77)80-71-72(70-79-73(76)67-64-61-58-55-52-21-18-15-12-9-6-3)81-75(78)69-66-63-60-57-54-51-49-47-45-43-40-33-31-29-27-25-23-20-17-14-11-8-5-2/h15,18,22-25,28-31,34-35,40,43,72H,4-14,16-17,19-21,26-27,32-33,36-39,41-42,44-71H2,1-3H3/b18-15-,24-22-,25-23-,30-28-,31-29-,35-34-,43-40-. The van der Waals surface area contributed by atoms with E-state index in [1.54, 1.807) is 0 Å². The Morgan fingerprint density at radius 2 is 0.457 bits per heavy atom. The Labute approximate surface area is 503 Å². The zero-order valence-corrected chi connectivity index (χ0v) is 53.8. The number of hydrogen-bond acceptors (Lipinski definition) is 6. The highest BCUT2D eigenvalue weighted by Gasteiger charge is 2.19. The molecule has 0 aromatic carbocycles. The zero-order chi connectivity index (χ0) is 58.5. The van der Waals surface area contributed by atoms with Gasteiger partial charge in [0.05, 0.1) is 0 Å². The first-order valence-electron chi connectivity index (χ1n) is 35.1. The van der Waals surface area contributed by atoms with Crippen molar-refractivity contribution in [3.05, 3.63) is 85.1 Å². The van der Waals surface area contributed by atoms with Crippen LogP contribution in [0.25, 0.3) is 0 Å². The number of hydrogen-bond donors (Lipinski definition) is 0. The number of allylic oxidation sites excluding steroid dienone is 14. The number of esters is 3. The topological polar surface area (TPSA) is 78.9 Å². The van der Waals surface area contributed by atoms with Gasteiger partial charge >= 0.3 is 17.9 Å². The summed E-state index contributed by atoms with van der Waals surface area (Å²) in [5, 5.41) is 0. The van der Waals surface area contributed by atoms with Crippen molar-refractivity contribution in [2.45, 2.75) is 361 Å². The first-order valence-corrected chi connectivity index (χ1v) is 35.1. The van der Waals surface area contributed by atoms with E-state index < -0.39 is 6.10 Å². The van der Waals surface area contributed by atoms with E-state index in [2.05, 4.69) is 106 Å². The molecule has 81 heavy (non-hydrogen) atoms. The van der Waals surface area contributed by atoms with Gasteiger partial charge in [-0.3, -0.25) is 14.4 Å². The van der Waals surface area contributed by atoms with Crippen LogP contribution >= 0.6 is 0 Å². The molecular weight excluding hydrogens is 997 g/mol. The van der Waals surface area contributed by atoms with Crippen LogP contribution in [0.2, 0.25) is 0 Å². The fourth-order valence-electron chi connectivity index (χ4n) is 10.0. The van der Waals surface area contributed by atoms with E-state index in [0.717, 1.165) is 96.3 Å². The van der Waals surface area contributed by atoms with E-state index >= 15 is 0 Å². The number of carbonyl (C=O) groups is 3. The molecule has 0 spiro atoms. The van der Waals surface area contributed by atoms with Crippen LogP contribution in [0.15, 0.2) is 85.1 Å². The zero-order valence-electron chi connectivity index (χ0n) is 53.8. The van der Waals surface area contributed by atoms with Gasteiger partial charge in [-0.15, -0.1) is 0 Å². The molecule has 0 N–H and O–H groups in total. The second-order valence-corrected chi connectivity index (χ2v) is 23.4. The highest BCUT2D eigenvalue weighted by Crippen LogP contribution is 2.17. The van der Waals surface area contributed by atoms with E-state index in [-0.39, 0.29) is 31.1 Å². The molecule has 468 valence electrons. The largest absolute Gasteiger partial charge is 0.462 e. The maximum Gasteiger partial charge on any atom is 0.306 e. The van der Waals surface area contributed by atoms with E-state index in [0.29, 0.717) is 19.3 Å². The van der Waals surface area contributed by atoms with Crippen LogP contribution < -0.4 is 0 Å². The highest BCUT2D eigenvalue weighted by atomic mass is 16.6. The lowest BCUT2D eigenvalue weighted by Gasteiger charge is -2.18. The summed E-state index contributed by atoms with van der Waals surface area (Å²) in [6.07, 6.45) is 91.8. The summed E-state index contributed by atoms with van der Waals surface area (Å²) in [7, 11) is 0. The van der Waals surface area contributed by atoms with Gasteiger partial charge in [-0.2, -0.15) is 0 Å². The van der Waals surface area contributed by atoms with Crippen molar-refractivity contribution in [1.29, 1.82) is 0 Å². The Hall–Kier alpha value is -3.41. The van der Waals surface area contributed by atoms with E-state index in [1.165, 1.54) is 218 Å². The minimum Gasteiger partial charge on any atom is -0.462 e. The molecule has 6 nitrogen and oxygen atoms in total. The molecule has 0 bridgehead atoms. The molecule has 0 aliphatic heterocycles. The summed E-state index contributed by atoms with van der Waals surface area (Å²) in [6, 6.07) is 0. The van der Waals surface area contributed by atoms with Gasteiger partial charge in [-0.25, -0.2) is 0 Å². The molecule has 0 rings (SSSR count). The van der Waals surface area contributed by atoms with Crippen LogP contribution in [-0.4, -0.2) is 37.2 Å². The van der Waals surface area contributed by atoms with Gasteiger partial charge in [-0.1, -0.05) is 305 Å². The third-order valence-electron chi connectivity index (χ3n) is 15.3. The molecule has 0 fully saturated rings. The third-order valence-corrected chi connectivity index (χ3v) is 15.3. The molecule has 1 atom stereocenters. The quantitative estimate of drug-likeness (QED) is 0.0261. The van der Waals surface area contributed by atoms with Crippen LogP contribution in [0.3, 0.4) is 0 Å². The Bertz CT molecular complexity index is 1530. The second-order valence-electron chi connectivity index (χ2n) is 23.4. The van der Waals surface area contributed by atoms with Gasteiger partial charge in [0.1, 0.15) is 13.2 Å². The van der Waals surface area contributed by atoms with Crippen molar-refractivity contribution in [3.63, 3.8) is 0 Å². The number of carbonyl (C=O) groups excluding carboxylic acids is 3. The van der Waals surface area contributed by atoms with Crippen molar-refractivity contribution >= 4 is 17.9 Å². The van der Waals surface area contributed by atoms with Crippen molar-refractivity contribution in [2.75, 3.05) is 13.2 Å². The Morgan fingerprint density at radius 3 is 0.741 bits per heavy atom. The molecule has 0 radical (unpaired) electrons. The summed E-state index contributed by atoms with van der Waals surface area (Å²) in [5.74, 6) is -0.884. The van der Waals surface area contributed by atoms with Crippen LogP contribution in [0.4, 0.5) is 0 Å². The first kappa shape index (κ1) is 77.6. The molecular formula is C75H132O6. The van der Waals surface area contributed by atoms with Gasteiger partial charge in [0.2, 0.25) is 0 Å². The van der Waals surface area contributed by atoms with Gasteiger partial charge < -0.3 is 14.2 Å². The first-order chi connectivity index (χ1) is 40.0. The highest BCUT2D eigenvalue weighted by molar-refractivity contribution is 5.71. The summed E-state index contributed by atoms with van der Waals surface area (Å²) in [6.45, 7) is 6.60. The van der Waals surface area contributed by atoms with Crippen molar-refractivity contribution in [1.82, 2.24) is 0 Å². The fourth-order valence-corrected chi connectivity index (χ4v) is 10.0. The average Bonchev–Trinajstić information content (AvgIpc) is 3.47. The minimum atomic E-state index is -0.785. The summed E-state index contributed by atoms with van der Waals surface area (Å²) in [5.41, 5.74) is 0. The molecule has 0 aliphatic carbocycles. The molecule has 0 saturated heterocycles. The molecule has 0 aliphatic rings. The van der Waals surface area contributed by atoms with E-state index in [1.807, 2.05) is 0 Å². The SMILES string of the molecule is CCCC/C=C\CCCCCCCC(=O)OCC(COC(=O)CCCCCCCCCCCCCCCC/C=C\C/C=C\C/C=C\CCCCCCC)OC(=O)CCCCCCCCCC/C=C\C/C=C\C/C=C\CCCCCCC. The van der Waals surface area contributed by atoms with Gasteiger partial charge in [0, 0.05) is 19.3 Å².